The molecule has 5 aromatic rings. The van der Waals surface area contributed by atoms with E-state index in [1.807, 2.05) is 24.5 Å². The molecule has 1 unspecified atom stereocenters. The standard InChI is InChI=1S/C29H22N2O2/c1-19-10-9-13-23-25-14-5-7-16-30(25)29(32-27(19)23)31-17-8-6-15-26(31)24-18-21-11-3-4-12-22(21)20(2)28(24)33-29/h3-18H,1-2H3/q+2. The average molecular weight is 431 g/mol. The van der Waals surface area contributed by atoms with Crippen molar-refractivity contribution in [3.05, 3.63) is 108 Å². The fourth-order valence-corrected chi connectivity index (χ4v) is 5.24. The van der Waals surface area contributed by atoms with Gasteiger partial charge in [0.2, 0.25) is 11.4 Å². The van der Waals surface area contributed by atoms with Gasteiger partial charge < -0.3 is 9.47 Å². The molecule has 7 rings (SSSR count). The molecule has 4 nitrogen and oxygen atoms in total. The van der Waals surface area contributed by atoms with E-state index in [2.05, 4.69) is 95.8 Å². The number of pyridine rings is 2. The largest absolute Gasteiger partial charge is 0.714 e. The molecule has 33 heavy (non-hydrogen) atoms. The van der Waals surface area contributed by atoms with E-state index in [9.17, 15) is 0 Å². The smallest absolute Gasteiger partial charge is 0.339 e. The van der Waals surface area contributed by atoms with Gasteiger partial charge in [-0.2, -0.15) is 0 Å². The van der Waals surface area contributed by atoms with Gasteiger partial charge in [0.1, 0.15) is 0 Å². The third kappa shape index (κ3) is 2.35. The van der Waals surface area contributed by atoms with Crippen molar-refractivity contribution in [2.24, 2.45) is 0 Å². The van der Waals surface area contributed by atoms with Crippen LogP contribution in [0, 0.1) is 13.8 Å². The van der Waals surface area contributed by atoms with Crippen molar-refractivity contribution in [2.75, 3.05) is 0 Å². The highest BCUT2D eigenvalue weighted by Gasteiger charge is 2.66. The third-order valence-electron chi connectivity index (χ3n) is 6.81. The molecule has 1 spiro atoms. The van der Waals surface area contributed by atoms with Crippen LogP contribution in [0.5, 0.6) is 11.5 Å². The van der Waals surface area contributed by atoms with Crippen molar-refractivity contribution in [3.8, 4) is 34.0 Å². The van der Waals surface area contributed by atoms with Gasteiger partial charge in [-0.15, -0.1) is 0 Å². The number of hydrogen-bond acceptors (Lipinski definition) is 2. The summed E-state index contributed by atoms with van der Waals surface area (Å²) in [5.74, 6) is 1.69. The first-order chi connectivity index (χ1) is 16.2. The lowest BCUT2D eigenvalue weighted by atomic mass is 9.97. The number of rotatable bonds is 0. The second-order valence-corrected chi connectivity index (χ2v) is 8.72. The summed E-state index contributed by atoms with van der Waals surface area (Å²) in [7, 11) is 0. The molecule has 4 heteroatoms. The summed E-state index contributed by atoms with van der Waals surface area (Å²) in [4.78, 5) is 0. The van der Waals surface area contributed by atoms with E-state index >= 15 is 0 Å². The van der Waals surface area contributed by atoms with Crippen molar-refractivity contribution in [1.82, 2.24) is 0 Å². The highest BCUT2D eigenvalue weighted by molar-refractivity contribution is 5.93. The van der Waals surface area contributed by atoms with Crippen LogP contribution in [0.1, 0.15) is 11.1 Å². The zero-order chi connectivity index (χ0) is 22.2. The molecule has 0 radical (unpaired) electrons. The fourth-order valence-electron chi connectivity index (χ4n) is 5.24. The minimum atomic E-state index is -1.22. The summed E-state index contributed by atoms with van der Waals surface area (Å²) in [5.41, 5.74) is 6.40. The molecule has 4 heterocycles. The van der Waals surface area contributed by atoms with E-state index in [4.69, 9.17) is 9.47 Å². The number of hydrogen-bond donors (Lipinski definition) is 0. The molecule has 2 aliphatic rings. The molecular formula is C29H22N2O2+2. The first-order valence-corrected chi connectivity index (χ1v) is 11.2. The number of nitrogens with zero attached hydrogens (tertiary/aromatic N) is 2. The third-order valence-corrected chi connectivity index (χ3v) is 6.81. The summed E-state index contributed by atoms with van der Waals surface area (Å²) in [6.45, 7) is 4.21. The Balaban J connectivity index is 1.60. The predicted molar refractivity (Wildman–Crippen MR) is 126 cm³/mol. The van der Waals surface area contributed by atoms with Gasteiger partial charge in [0.05, 0.1) is 11.1 Å². The van der Waals surface area contributed by atoms with Gasteiger partial charge in [0.25, 0.3) is 0 Å². The molecule has 158 valence electrons. The number of aryl methyl sites for hydroxylation is 2. The van der Waals surface area contributed by atoms with Gasteiger partial charge in [-0.25, -0.2) is 0 Å². The lowest BCUT2D eigenvalue weighted by molar-refractivity contribution is -1.06. The second-order valence-electron chi connectivity index (χ2n) is 8.72. The zero-order valence-corrected chi connectivity index (χ0v) is 18.4. The van der Waals surface area contributed by atoms with Crippen LogP contribution in [0.3, 0.4) is 0 Å². The van der Waals surface area contributed by atoms with E-state index in [1.54, 1.807) is 0 Å². The Morgan fingerprint density at radius 1 is 0.636 bits per heavy atom. The monoisotopic (exact) mass is 430 g/mol. The summed E-state index contributed by atoms with van der Waals surface area (Å²) in [6, 6.07) is 28.1. The predicted octanol–water partition coefficient (Wildman–Crippen LogP) is 5.27. The topological polar surface area (TPSA) is 26.2 Å². The van der Waals surface area contributed by atoms with Gasteiger partial charge in [-0.05, 0) is 54.4 Å². The highest BCUT2D eigenvalue weighted by Crippen LogP contribution is 2.45. The molecule has 2 aromatic heterocycles. The molecule has 0 bridgehead atoms. The Labute approximate surface area is 191 Å². The van der Waals surface area contributed by atoms with Crippen molar-refractivity contribution in [2.45, 2.75) is 19.9 Å². The molecule has 0 fully saturated rings. The van der Waals surface area contributed by atoms with Gasteiger partial charge in [-0.3, -0.25) is 0 Å². The normalized spacial score (nSPS) is 17.4. The molecule has 0 aliphatic carbocycles. The Bertz CT molecular complexity index is 1610. The number of fused-ring (bicyclic) bond motifs is 9. The van der Waals surface area contributed by atoms with E-state index in [-0.39, 0.29) is 0 Å². The molecule has 1 atom stereocenters. The summed E-state index contributed by atoms with van der Waals surface area (Å²) >= 11 is 0. The summed E-state index contributed by atoms with van der Waals surface area (Å²) < 4.78 is 18.0. The number of ether oxygens (including phenoxy) is 2. The SMILES string of the molecule is Cc1cccc2c1OC1(Oc3c(cc4ccccc4c3C)-c3cccc[n+]31)[n+]1ccccc1-2. The number of aromatic nitrogens is 2. The van der Waals surface area contributed by atoms with E-state index < -0.39 is 6.03 Å². The van der Waals surface area contributed by atoms with Crippen LogP contribution in [-0.4, -0.2) is 0 Å². The quantitative estimate of drug-likeness (QED) is 0.313. The zero-order valence-electron chi connectivity index (χ0n) is 18.4. The molecule has 3 aromatic carbocycles. The highest BCUT2D eigenvalue weighted by atomic mass is 16.7. The Hall–Kier alpha value is -4.18. The molecule has 0 N–H and O–H groups in total. The second kappa shape index (κ2) is 6.42. The number of benzene rings is 3. The van der Waals surface area contributed by atoms with Gasteiger partial charge in [0, 0.05) is 29.8 Å². The fraction of sp³-hybridized carbons (Fsp3) is 0.103. The van der Waals surface area contributed by atoms with Crippen molar-refractivity contribution >= 4 is 10.8 Å². The maximum atomic E-state index is 6.97. The van der Waals surface area contributed by atoms with E-state index in [0.717, 1.165) is 45.1 Å². The summed E-state index contributed by atoms with van der Waals surface area (Å²) in [5, 5.41) is 2.38. The van der Waals surface area contributed by atoms with Crippen molar-refractivity contribution < 1.29 is 18.6 Å². The van der Waals surface area contributed by atoms with Crippen LogP contribution in [-0.2, 0) is 6.03 Å². The maximum absolute atomic E-state index is 6.97. The minimum absolute atomic E-state index is 0.841. The molecule has 0 saturated heterocycles. The minimum Gasteiger partial charge on any atom is -0.339 e. The van der Waals surface area contributed by atoms with Crippen LogP contribution in [0.15, 0.2) is 97.3 Å². The van der Waals surface area contributed by atoms with Gasteiger partial charge >= 0.3 is 6.03 Å². The first kappa shape index (κ1) is 18.4. The van der Waals surface area contributed by atoms with Crippen LogP contribution >= 0.6 is 0 Å². The van der Waals surface area contributed by atoms with Crippen molar-refractivity contribution in [3.63, 3.8) is 0 Å². The number of para-hydroxylation sites is 1. The first-order valence-electron chi connectivity index (χ1n) is 11.2. The molecule has 0 saturated carbocycles. The lowest BCUT2D eigenvalue weighted by Crippen LogP contribution is -2.82. The van der Waals surface area contributed by atoms with Crippen LogP contribution in [0.25, 0.3) is 33.3 Å². The lowest BCUT2D eigenvalue weighted by Gasteiger charge is -2.32. The Morgan fingerprint density at radius 2 is 1.30 bits per heavy atom. The maximum Gasteiger partial charge on any atom is 0.714 e. The Kier molecular flexibility index (Phi) is 3.58. The molecular weight excluding hydrogens is 408 g/mol. The summed E-state index contributed by atoms with van der Waals surface area (Å²) in [6.07, 6.45) is 4.07. The molecule has 0 amide bonds. The van der Waals surface area contributed by atoms with E-state index in [1.165, 1.54) is 10.8 Å². The van der Waals surface area contributed by atoms with Crippen molar-refractivity contribution in [1.29, 1.82) is 0 Å². The average Bonchev–Trinajstić information content (AvgIpc) is 2.86. The molecule has 2 aliphatic heterocycles. The van der Waals surface area contributed by atoms with Gasteiger partial charge in [0.15, 0.2) is 23.9 Å². The van der Waals surface area contributed by atoms with E-state index in [0.29, 0.717) is 0 Å². The Morgan fingerprint density at radius 3 is 2.09 bits per heavy atom. The van der Waals surface area contributed by atoms with Crippen LogP contribution < -0.4 is 18.6 Å². The van der Waals surface area contributed by atoms with Crippen LogP contribution in [0.2, 0.25) is 0 Å². The van der Waals surface area contributed by atoms with Crippen LogP contribution in [0.4, 0.5) is 0 Å². The van der Waals surface area contributed by atoms with Gasteiger partial charge in [-0.1, -0.05) is 45.5 Å².